The second-order valence-electron chi connectivity index (χ2n) is 9.21. The fraction of sp³-hybridized carbons (Fsp3) is 0.429. The van der Waals surface area contributed by atoms with Gasteiger partial charge in [-0.1, -0.05) is 37.8 Å². The molecule has 1 saturated heterocycles. The average molecular weight is 525 g/mol. The van der Waals surface area contributed by atoms with Crippen molar-refractivity contribution in [1.82, 2.24) is 19.8 Å². The van der Waals surface area contributed by atoms with Gasteiger partial charge in [0.25, 0.3) is 11.5 Å². The Morgan fingerprint density at radius 1 is 1.29 bits per heavy atom. The van der Waals surface area contributed by atoms with Crippen LogP contribution in [0.2, 0.25) is 0 Å². The number of fused-ring (bicyclic) bond motifs is 1. The Morgan fingerprint density at radius 3 is 2.61 bits per heavy atom. The number of nitrogens with one attached hydrogen (secondary N) is 2. The number of ether oxygens (including phenoxy) is 1. The van der Waals surface area contributed by atoms with E-state index in [9.17, 15) is 19.2 Å². The number of ketones is 1. The zero-order chi connectivity index (χ0) is 27.8. The number of amides is 2. The molecule has 10 nitrogen and oxygen atoms in total. The first-order valence-corrected chi connectivity index (χ1v) is 12.8. The topological polar surface area (TPSA) is 134 Å². The van der Waals surface area contributed by atoms with Crippen molar-refractivity contribution in [2.45, 2.75) is 52.6 Å². The Kier molecular flexibility index (Phi) is 9.84. The number of aliphatic hydroxyl groups excluding tert-OH is 1. The van der Waals surface area contributed by atoms with Crippen LogP contribution in [0.3, 0.4) is 0 Å². The number of nitrogens with zero attached hydrogens (tertiary/aromatic N) is 2. The van der Waals surface area contributed by atoms with Crippen LogP contribution in [0.15, 0.2) is 47.3 Å². The molecule has 3 rings (SSSR count). The smallest absolute Gasteiger partial charge is 0.271 e. The molecule has 1 fully saturated rings. The number of hydrogen-bond acceptors (Lipinski definition) is 6. The highest BCUT2D eigenvalue weighted by molar-refractivity contribution is 6.03. The van der Waals surface area contributed by atoms with Gasteiger partial charge in [0.05, 0.1) is 18.7 Å². The molecule has 0 aromatic carbocycles. The van der Waals surface area contributed by atoms with Crippen LogP contribution in [0, 0.1) is 6.92 Å². The fourth-order valence-corrected chi connectivity index (χ4v) is 4.52. The highest BCUT2D eigenvalue weighted by Gasteiger charge is 2.28. The summed E-state index contributed by atoms with van der Waals surface area (Å²) >= 11 is 0. The molecule has 3 heterocycles. The number of aromatic amines is 1. The maximum atomic E-state index is 13.6. The van der Waals surface area contributed by atoms with E-state index in [1.54, 1.807) is 43.0 Å². The van der Waals surface area contributed by atoms with E-state index in [0.717, 1.165) is 0 Å². The van der Waals surface area contributed by atoms with Gasteiger partial charge >= 0.3 is 0 Å². The molecular weight excluding hydrogens is 488 g/mol. The van der Waals surface area contributed by atoms with E-state index in [4.69, 9.17) is 9.84 Å². The van der Waals surface area contributed by atoms with Crippen LogP contribution in [0.4, 0.5) is 0 Å². The molecule has 3 N–H and O–H groups in total. The Bertz CT molecular complexity index is 1330. The molecule has 38 heavy (non-hydrogen) atoms. The summed E-state index contributed by atoms with van der Waals surface area (Å²) in [5, 5.41) is 12.3. The maximum Gasteiger partial charge on any atom is 0.271 e. The minimum absolute atomic E-state index is 0.143. The number of carbonyl (C=O) groups excluding carboxylic acids is 3. The lowest BCUT2D eigenvalue weighted by atomic mass is 10.0. The van der Waals surface area contributed by atoms with Crippen molar-refractivity contribution in [2.75, 3.05) is 26.3 Å². The summed E-state index contributed by atoms with van der Waals surface area (Å²) in [6, 6.07) is 1.55. The van der Waals surface area contributed by atoms with Crippen molar-refractivity contribution < 1.29 is 24.2 Å². The van der Waals surface area contributed by atoms with Gasteiger partial charge in [-0.05, 0) is 39.2 Å². The maximum absolute atomic E-state index is 13.6. The lowest BCUT2D eigenvalue weighted by molar-refractivity contribution is -0.135. The minimum atomic E-state index is -0.534. The number of hydrogen-bond donors (Lipinski definition) is 3. The predicted molar refractivity (Wildman–Crippen MR) is 145 cm³/mol. The van der Waals surface area contributed by atoms with E-state index in [1.807, 2.05) is 6.92 Å². The number of pyridine rings is 1. The van der Waals surface area contributed by atoms with Crippen LogP contribution >= 0.6 is 0 Å². The number of piperidine rings is 1. The van der Waals surface area contributed by atoms with Gasteiger partial charge in [0, 0.05) is 30.4 Å². The largest absolute Gasteiger partial charge is 0.490 e. The summed E-state index contributed by atoms with van der Waals surface area (Å²) < 4.78 is 7.29. The molecular formula is C28H36N4O6. The van der Waals surface area contributed by atoms with Gasteiger partial charge in [-0.2, -0.15) is 0 Å². The molecule has 1 aliphatic heterocycles. The van der Waals surface area contributed by atoms with Gasteiger partial charge < -0.3 is 29.6 Å². The highest BCUT2D eigenvalue weighted by atomic mass is 16.5. The van der Waals surface area contributed by atoms with E-state index < -0.39 is 18.1 Å². The molecule has 1 aliphatic rings. The SMILES string of the molecule is C=C/C=C(\C=C/C)C(=O)Cn1c(C)cc2[nH]c(C(=O)NC3CCN(C(=O)CO)CC3)c(OCCC)c2c1=O. The second kappa shape index (κ2) is 13.0. The minimum Gasteiger partial charge on any atom is -0.490 e. The van der Waals surface area contributed by atoms with Crippen LogP contribution in [-0.2, 0) is 16.1 Å². The van der Waals surface area contributed by atoms with Crippen molar-refractivity contribution in [1.29, 1.82) is 0 Å². The van der Waals surface area contributed by atoms with Crippen LogP contribution in [-0.4, -0.2) is 69.5 Å². The first-order valence-electron chi connectivity index (χ1n) is 12.8. The summed E-state index contributed by atoms with van der Waals surface area (Å²) in [5.41, 5.74) is 1.15. The number of carbonyl (C=O) groups is 3. The van der Waals surface area contributed by atoms with Crippen molar-refractivity contribution in [3.63, 3.8) is 0 Å². The number of likely N-dealkylation sites (tertiary alicyclic amines) is 1. The van der Waals surface area contributed by atoms with E-state index >= 15 is 0 Å². The molecule has 0 bridgehead atoms. The van der Waals surface area contributed by atoms with Crippen LogP contribution in [0.1, 0.15) is 49.3 Å². The molecule has 0 spiro atoms. The second-order valence-corrected chi connectivity index (χ2v) is 9.21. The third-order valence-electron chi connectivity index (χ3n) is 6.48. The van der Waals surface area contributed by atoms with Gasteiger partial charge in [0.15, 0.2) is 11.5 Å². The summed E-state index contributed by atoms with van der Waals surface area (Å²) in [7, 11) is 0. The van der Waals surface area contributed by atoms with Crippen molar-refractivity contribution in [3.05, 3.63) is 64.3 Å². The van der Waals surface area contributed by atoms with Crippen LogP contribution in [0.25, 0.3) is 10.9 Å². The molecule has 204 valence electrons. The zero-order valence-electron chi connectivity index (χ0n) is 22.2. The monoisotopic (exact) mass is 524 g/mol. The van der Waals surface area contributed by atoms with Gasteiger partial charge in [0.2, 0.25) is 5.91 Å². The van der Waals surface area contributed by atoms with Gasteiger partial charge in [0.1, 0.15) is 17.7 Å². The molecule has 0 unspecified atom stereocenters. The van der Waals surface area contributed by atoms with E-state index in [2.05, 4.69) is 16.9 Å². The zero-order valence-corrected chi connectivity index (χ0v) is 22.2. The summed E-state index contributed by atoms with van der Waals surface area (Å²) in [5.74, 6) is -0.830. The third-order valence-corrected chi connectivity index (χ3v) is 6.48. The number of rotatable bonds is 11. The van der Waals surface area contributed by atoms with E-state index in [1.165, 1.54) is 10.6 Å². The van der Waals surface area contributed by atoms with Crippen LogP contribution < -0.4 is 15.6 Å². The predicted octanol–water partition coefficient (Wildman–Crippen LogP) is 2.40. The Labute approximate surface area is 221 Å². The molecule has 2 amide bonds. The Hall–Kier alpha value is -3.92. The van der Waals surface area contributed by atoms with Crippen molar-refractivity contribution >= 4 is 28.5 Å². The van der Waals surface area contributed by atoms with E-state index in [0.29, 0.717) is 55.7 Å². The van der Waals surface area contributed by atoms with Crippen molar-refractivity contribution in [2.24, 2.45) is 0 Å². The number of allylic oxidation sites excluding steroid dienone is 5. The summed E-state index contributed by atoms with van der Waals surface area (Å²) in [6.07, 6.45) is 8.29. The normalized spacial score (nSPS) is 14.7. The highest BCUT2D eigenvalue weighted by Crippen LogP contribution is 2.29. The van der Waals surface area contributed by atoms with Gasteiger partial charge in [-0.25, -0.2) is 0 Å². The number of aryl methyl sites for hydroxylation is 1. The molecule has 0 radical (unpaired) electrons. The fourth-order valence-electron chi connectivity index (χ4n) is 4.52. The molecule has 10 heteroatoms. The number of H-pyrrole nitrogens is 1. The first kappa shape index (κ1) is 28.6. The molecule has 2 aromatic rings. The molecule has 0 aliphatic carbocycles. The lowest BCUT2D eigenvalue weighted by Gasteiger charge is -2.32. The third kappa shape index (κ3) is 6.31. The number of aliphatic hydroxyl groups is 1. The Morgan fingerprint density at radius 2 is 2.00 bits per heavy atom. The number of Topliss-reactive ketones (excluding diaryl/α,β-unsaturated/α-hetero) is 1. The lowest BCUT2D eigenvalue weighted by Crippen LogP contribution is -2.47. The quantitative estimate of drug-likeness (QED) is 0.305. The first-order chi connectivity index (χ1) is 18.2. The van der Waals surface area contributed by atoms with E-state index in [-0.39, 0.29) is 41.1 Å². The molecule has 2 aromatic heterocycles. The molecule has 0 atom stereocenters. The van der Waals surface area contributed by atoms with Crippen molar-refractivity contribution in [3.8, 4) is 5.75 Å². The van der Waals surface area contributed by atoms with Gasteiger partial charge in [-0.3, -0.25) is 19.2 Å². The standard InChI is InChI=1S/C28H36N4O6/c1-5-8-19(9-6-2)22(34)16-32-18(4)15-21-24(28(32)37)26(38-14-7-3)25(30-21)27(36)29-20-10-12-31(13-11-20)23(35)17-33/h5-6,8-9,15,20,30,33H,1,7,10-14,16-17H2,2-4H3,(H,29,36)/b9-6-,19-8+. The summed E-state index contributed by atoms with van der Waals surface area (Å²) in [4.78, 5) is 56.2. The van der Waals surface area contributed by atoms with Crippen LogP contribution in [0.5, 0.6) is 5.75 Å². The Balaban J connectivity index is 1.94. The molecule has 0 saturated carbocycles. The summed E-state index contributed by atoms with van der Waals surface area (Å²) in [6.45, 7) is 9.57. The number of aromatic nitrogens is 2. The van der Waals surface area contributed by atoms with Gasteiger partial charge in [-0.15, -0.1) is 0 Å². The average Bonchev–Trinajstić information content (AvgIpc) is 3.27.